The molecule has 2 rings (SSSR count). The second kappa shape index (κ2) is 6.67. The Bertz CT molecular complexity index is 573. The van der Waals surface area contributed by atoms with Gasteiger partial charge in [-0.3, -0.25) is 9.59 Å². The summed E-state index contributed by atoms with van der Waals surface area (Å²) < 4.78 is 5.41. The van der Waals surface area contributed by atoms with Gasteiger partial charge in [-0.15, -0.1) is 0 Å². The van der Waals surface area contributed by atoms with Gasteiger partial charge in [0.1, 0.15) is 0 Å². The second-order valence-corrected chi connectivity index (χ2v) is 6.35. The molecule has 0 saturated carbocycles. The highest BCUT2D eigenvalue weighted by Crippen LogP contribution is 2.32. The Morgan fingerprint density at radius 3 is 2.73 bits per heavy atom. The van der Waals surface area contributed by atoms with Crippen LogP contribution in [0.5, 0.6) is 0 Å². The number of benzene rings is 1. The van der Waals surface area contributed by atoms with Crippen LogP contribution in [0.2, 0.25) is 5.02 Å². The zero-order valence-electron chi connectivity index (χ0n) is 12.7. The predicted molar refractivity (Wildman–Crippen MR) is 83.1 cm³/mol. The van der Waals surface area contributed by atoms with Gasteiger partial charge in [0.15, 0.2) is 0 Å². The van der Waals surface area contributed by atoms with Crippen LogP contribution in [0.1, 0.15) is 25.8 Å². The first-order valence-corrected chi connectivity index (χ1v) is 7.58. The summed E-state index contributed by atoms with van der Waals surface area (Å²) in [6.07, 6.45) is -0.562. The first-order chi connectivity index (χ1) is 10.3. The Balaban J connectivity index is 2.16. The van der Waals surface area contributed by atoms with Gasteiger partial charge in [0.25, 0.3) is 0 Å². The van der Waals surface area contributed by atoms with E-state index in [1.165, 1.54) is 0 Å². The quantitative estimate of drug-likeness (QED) is 0.922. The van der Waals surface area contributed by atoms with Gasteiger partial charge in [0.2, 0.25) is 5.91 Å². The number of carbonyl (C=O) groups excluding carboxylic acids is 1. The fourth-order valence-electron chi connectivity index (χ4n) is 2.70. The van der Waals surface area contributed by atoms with Crippen molar-refractivity contribution < 1.29 is 19.4 Å². The molecule has 1 atom stereocenters. The Labute approximate surface area is 134 Å². The highest BCUT2D eigenvalue weighted by Gasteiger charge is 2.37. The number of carboxylic acids is 1. The standard InChI is InChI=1S/C16H20ClNO4/c1-16(2,12-5-3-4-6-13(12)17)15(21)18-7-8-22-11(10-18)9-14(19)20/h3-6,11H,7-10H2,1-2H3,(H,19,20). The topological polar surface area (TPSA) is 66.8 Å². The van der Waals surface area contributed by atoms with Crippen molar-refractivity contribution in [3.63, 3.8) is 0 Å². The lowest BCUT2D eigenvalue weighted by molar-refractivity contribution is -0.150. The molecule has 0 radical (unpaired) electrons. The van der Waals surface area contributed by atoms with Crippen molar-refractivity contribution in [3.05, 3.63) is 34.9 Å². The summed E-state index contributed by atoms with van der Waals surface area (Å²) in [5, 5.41) is 9.42. The molecule has 120 valence electrons. The molecule has 1 N–H and O–H groups in total. The van der Waals surface area contributed by atoms with E-state index in [2.05, 4.69) is 0 Å². The normalized spacial score (nSPS) is 19.0. The number of hydrogen-bond acceptors (Lipinski definition) is 3. The lowest BCUT2D eigenvalue weighted by atomic mass is 9.83. The molecule has 1 fully saturated rings. The Kier molecular flexibility index (Phi) is 5.08. The smallest absolute Gasteiger partial charge is 0.306 e. The van der Waals surface area contributed by atoms with Gasteiger partial charge in [0, 0.05) is 18.1 Å². The van der Waals surface area contributed by atoms with Gasteiger partial charge in [-0.1, -0.05) is 29.8 Å². The van der Waals surface area contributed by atoms with Crippen molar-refractivity contribution in [2.45, 2.75) is 31.8 Å². The molecule has 5 nitrogen and oxygen atoms in total. The van der Waals surface area contributed by atoms with E-state index in [9.17, 15) is 9.59 Å². The summed E-state index contributed by atoms with van der Waals surface area (Å²) in [4.78, 5) is 25.3. The molecule has 1 aromatic rings. The lowest BCUT2D eigenvalue weighted by Crippen LogP contribution is -2.51. The summed E-state index contributed by atoms with van der Waals surface area (Å²) >= 11 is 6.22. The second-order valence-electron chi connectivity index (χ2n) is 5.95. The molecule has 0 spiro atoms. The third-order valence-corrected chi connectivity index (χ3v) is 4.24. The lowest BCUT2D eigenvalue weighted by Gasteiger charge is -2.37. The Morgan fingerprint density at radius 2 is 2.09 bits per heavy atom. The molecule has 1 saturated heterocycles. The van der Waals surface area contributed by atoms with E-state index < -0.39 is 17.5 Å². The summed E-state index contributed by atoms with van der Waals surface area (Å²) in [5.74, 6) is -0.996. The molecular formula is C16H20ClNO4. The van der Waals surface area contributed by atoms with Gasteiger partial charge in [-0.05, 0) is 25.5 Å². The molecule has 1 aliphatic heterocycles. The first-order valence-electron chi connectivity index (χ1n) is 7.20. The van der Waals surface area contributed by atoms with E-state index in [4.69, 9.17) is 21.4 Å². The molecule has 0 bridgehead atoms. The SMILES string of the molecule is CC(C)(C(=O)N1CCOC(CC(=O)O)C1)c1ccccc1Cl. The van der Waals surface area contributed by atoms with Crippen LogP contribution >= 0.6 is 11.6 Å². The van der Waals surface area contributed by atoms with Crippen LogP contribution in [0.3, 0.4) is 0 Å². The third-order valence-electron chi connectivity index (χ3n) is 3.91. The number of ether oxygens (including phenoxy) is 1. The maximum Gasteiger partial charge on any atom is 0.306 e. The fourth-order valence-corrected chi connectivity index (χ4v) is 3.07. The number of aliphatic carboxylic acids is 1. The molecule has 6 heteroatoms. The van der Waals surface area contributed by atoms with Crippen molar-refractivity contribution >= 4 is 23.5 Å². The van der Waals surface area contributed by atoms with E-state index >= 15 is 0 Å². The van der Waals surface area contributed by atoms with Crippen molar-refractivity contribution in [3.8, 4) is 0 Å². The molecule has 1 aliphatic rings. The van der Waals surface area contributed by atoms with E-state index in [1.54, 1.807) is 11.0 Å². The minimum atomic E-state index is -0.926. The van der Waals surface area contributed by atoms with Gasteiger partial charge in [-0.2, -0.15) is 0 Å². The summed E-state index contributed by atoms with van der Waals surface area (Å²) in [6, 6.07) is 7.28. The molecule has 1 aromatic carbocycles. The summed E-state index contributed by atoms with van der Waals surface area (Å²) in [7, 11) is 0. The number of halogens is 1. The minimum Gasteiger partial charge on any atom is -0.481 e. The van der Waals surface area contributed by atoms with Gasteiger partial charge >= 0.3 is 5.97 Å². The number of rotatable bonds is 4. The van der Waals surface area contributed by atoms with Crippen LogP contribution in [-0.4, -0.2) is 47.7 Å². The Morgan fingerprint density at radius 1 is 1.41 bits per heavy atom. The Hall–Kier alpha value is -1.59. The number of nitrogens with zero attached hydrogens (tertiary/aromatic N) is 1. The van der Waals surface area contributed by atoms with E-state index in [0.29, 0.717) is 24.7 Å². The van der Waals surface area contributed by atoms with Crippen LogP contribution in [0.4, 0.5) is 0 Å². The number of amides is 1. The molecule has 1 unspecified atom stereocenters. The van der Waals surface area contributed by atoms with Crippen LogP contribution in [0, 0.1) is 0 Å². The predicted octanol–water partition coefficient (Wildman–Crippen LogP) is 2.32. The molecule has 0 aliphatic carbocycles. The largest absolute Gasteiger partial charge is 0.481 e. The number of carboxylic acid groups (broad SMARTS) is 1. The van der Waals surface area contributed by atoms with Gasteiger partial charge in [0.05, 0.1) is 24.5 Å². The average Bonchev–Trinajstić information content (AvgIpc) is 2.46. The van der Waals surface area contributed by atoms with Crippen molar-refractivity contribution in [1.29, 1.82) is 0 Å². The molecule has 22 heavy (non-hydrogen) atoms. The van der Waals surface area contributed by atoms with Crippen LogP contribution in [-0.2, 0) is 19.7 Å². The molecule has 1 amide bonds. The van der Waals surface area contributed by atoms with E-state index in [-0.39, 0.29) is 12.3 Å². The van der Waals surface area contributed by atoms with Crippen LogP contribution in [0.25, 0.3) is 0 Å². The fraction of sp³-hybridized carbons (Fsp3) is 0.500. The summed E-state index contributed by atoms with van der Waals surface area (Å²) in [5.41, 5.74) is -0.00773. The number of carbonyl (C=O) groups is 2. The van der Waals surface area contributed by atoms with Crippen molar-refractivity contribution in [1.82, 2.24) is 4.90 Å². The molecule has 1 heterocycles. The average molecular weight is 326 g/mol. The zero-order valence-corrected chi connectivity index (χ0v) is 13.5. The van der Waals surface area contributed by atoms with Gasteiger partial charge in [-0.25, -0.2) is 0 Å². The molecular weight excluding hydrogens is 306 g/mol. The summed E-state index contributed by atoms with van der Waals surface area (Å²) in [6.45, 7) is 4.76. The third kappa shape index (κ3) is 3.59. The van der Waals surface area contributed by atoms with Crippen LogP contribution < -0.4 is 0 Å². The highest BCUT2D eigenvalue weighted by molar-refractivity contribution is 6.31. The monoisotopic (exact) mass is 325 g/mol. The maximum atomic E-state index is 12.9. The minimum absolute atomic E-state index is 0.0701. The van der Waals surface area contributed by atoms with Crippen molar-refractivity contribution in [2.75, 3.05) is 19.7 Å². The van der Waals surface area contributed by atoms with Crippen molar-refractivity contribution in [2.24, 2.45) is 0 Å². The van der Waals surface area contributed by atoms with E-state index in [1.807, 2.05) is 32.0 Å². The maximum absolute atomic E-state index is 12.9. The van der Waals surface area contributed by atoms with E-state index in [0.717, 1.165) is 5.56 Å². The molecule has 0 aromatic heterocycles. The highest BCUT2D eigenvalue weighted by atomic mass is 35.5. The van der Waals surface area contributed by atoms with Gasteiger partial charge < -0.3 is 14.7 Å². The number of morpholine rings is 1. The zero-order chi connectivity index (χ0) is 16.3. The first kappa shape index (κ1) is 16.8. The number of hydrogen-bond donors (Lipinski definition) is 1. The van der Waals surface area contributed by atoms with Crippen LogP contribution in [0.15, 0.2) is 24.3 Å².